The van der Waals surface area contributed by atoms with Gasteiger partial charge in [-0.3, -0.25) is 0 Å². The summed E-state index contributed by atoms with van der Waals surface area (Å²) in [6, 6.07) is 1.62. The number of carbonyl (C=O) groups excluding carboxylic acids is 1. The first-order valence-electron chi connectivity index (χ1n) is 4.68. The van der Waals surface area contributed by atoms with Crippen molar-refractivity contribution in [1.82, 2.24) is 0 Å². The first kappa shape index (κ1) is 12.0. The van der Waals surface area contributed by atoms with E-state index in [9.17, 15) is 4.79 Å². The fourth-order valence-electron chi connectivity index (χ4n) is 0.939. The highest BCUT2D eigenvalue weighted by atomic mass is 32.1. The third-order valence-electron chi connectivity index (χ3n) is 1.97. The van der Waals surface area contributed by atoms with E-state index in [1.165, 1.54) is 11.3 Å². The second kappa shape index (κ2) is 5.14. The topological polar surface area (TPSA) is 72.5 Å². The van der Waals surface area contributed by atoms with E-state index in [0.29, 0.717) is 10.6 Å². The minimum atomic E-state index is -0.375. The van der Waals surface area contributed by atoms with E-state index in [2.05, 4.69) is 0 Å². The molecule has 0 fully saturated rings. The molecule has 0 saturated heterocycles. The third-order valence-corrected chi connectivity index (χ3v) is 3.01. The van der Waals surface area contributed by atoms with Crippen LogP contribution >= 0.6 is 11.3 Å². The van der Waals surface area contributed by atoms with Crippen molar-refractivity contribution in [2.75, 3.05) is 18.9 Å². The summed E-state index contributed by atoms with van der Waals surface area (Å²) in [6.07, 6.45) is 0. The monoisotopic (exact) mass is 229 g/mol. The Morgan fingerprint density at radius 3 is 2.87 bits per heavy atom. The third kappa shape index (κ3) is 3.21. The number of thiophene rings is 1. The van der Waals surface area contributed by atoms with Crippen LogP contribution in [0.2, 0.25) is 0 Å². The molecular formula is C10H15NO3S. The smallest absolute Gasteiger partial charge is 0.348 e. The average molecular weight is 229 g/mol. The highest BCUT2D eigenvalue weighted by Gasteiger charge is 2.13. The molecule has 15 heavy (non-hydrogen) atoms. The number of aliphatic hydroxyl groups is 1. The molecule has 4 nitrogen and oxygen atoms in total. The lowest BCUT2D eigenvalue weighted by molar-refractivity contribution is 0.0411. The number of esters is 1. The van der Waals surface area contributed by atoms with Gasteiger partial charge in [-0.05, 0) is 13.0 Å². The van der Waals surface area contributed by atoms with E-state index in [1.807, 2.05) is 6.92 Å². The molecule has 84 valence electrons. The lowest BCUT2D eigenvalue weighted by atomic mass is 10.2. The van der Waals surface area contributed by atoms with Crippen LogP contribution in [0, 0.1) is 12.8 Å². The van der Waals surface area contributed by atoms with E-state index < -0.39 is 0 Å². The minimum Gasteiger partial charge on any atom is -0.461 e. The normalized spacial score (nSPS) is 12.5. The van der Waals surface area contributed by atoms with Gasteiger partial charge in [0.2, 0.25) is 0 Å². The predicted octanol–water partition coefficient (Wildman–Crippen LogP) is 1.42. The zero-order valence-corrected chi connectivity index (χ0v) is 9.63. The van der Waals surface area contributed by atoms with Gasteiger partial charge in [0.05, 0.1) is 6.61 Å². The number of nitrogen functional groups attached to an aromatic ring is 1. The maximum atomic E-state index is 11.5. The number of anilines is 1. The van der Waals surface area contributed by atoms with Gasteiger partial charge in [0.1, 0.15) is 4.88 Å². The lowest BCUT2D eigenvalue weighted by Crippen LogP contribution is -2.13. The van der Waals surface area contributed by atoms with Crippen molar-refractivity contribution in [2.45, 2.75) is 13.8 Å². The SMILES string of the molecule is Cc1sc(C(=O)OCC(C)CO)cc1N. The second-order valence-electron chi connectivity index (χ2n) is 3.51. The average Bonchev–Trinajstić information content (AvgIpc) is 2.55. The van der Waals surface area contributed by atoms with Gasteiger partial charge < -0.3 is 15.6 Å². The van der Waals surface area contributed by atoms with Crippen LogP contribution in [0.5, 0.6) is 0 Å². The summed E-state index contributed by atoms with van der Waals surface area (Å²) in [6.45, 7) is 3.90. The summed E-state index contributed by atoms with van der Waals surface area (Å²) in [5.41, 5.74) is 6.24. The van der Waals surface area contributed by atoms with E-state index >= 15 is 0 Å². The maximum absolute atomic E-state index is 11.5. The van der Waals surface area contributed by atoms with Crippen molar-refractivity contribution < 1.29 is 14.6 Å². The molecule has 1 rings (SSSR count). The molecule has 0 amide bonds. The molecule has 1 atom stereocenters. The van der Waals surface area contributed by atoms with E-state index in [-0.39, 0.29) is 25.1 Å². The molecule has 0 radical (unpaired) electrons. The summed E-state index contributed by atoms with van der Waals surface area (Å²) in [5.74, 6) is -0.410. The molecule has 0 aliphatic heterocycles. The number of rotatable bonds is 4. The molecule has 0 aliphatic rings. The summed E-state index contributed by atoms with van der Waals surface area (Å²) in [7, 11) is 0. The molecule has 0 spiro atoms. The van der Waals surface area contributed by atoms with Gasteiger partial charge in [0.25, 0.3) is 0 Å². The molecule has 0 saturated carbocycles. The zero-order chi connectivity index (χ0) is 11.4. The fourth-order valence-corrected chi connectivity index (χ4v) is 1.77. The van der Waals surface area contributed by atoms with Gasteiger partial charge in [0, 0.05) is 23.1 Å². The first-order chi connectivity index (χ1) is 7.04. The Morgan fingerprint density at radius 2 is 2.40 bits per heavy atom. The summed E-state index contributed by atoms with van der Waals surface area (Å²) in [5, 5.41) is 8.76. The van der Waals surface area contributed by atoms with Crippen molar-refractivity contribution in [2.24, 2.45) is 5.92 Å². The quantitative estimate of drug-likeness (QED) is 0.766. The van der Waals surface area contributed by atoms with Gasteiger partial charge in [-0.25, -0.2) is 4.79 Å². The molecule has 0 bridgehead atoms. The van der Waals surface area contributed by atoms with Crippen molar-refractivity contribution in [1.29, 1.82) is 0 Å². The molecule has 3 N–H and O–H groups in total. The number of hydrogen-bond donors (Lipinski definition) is 2. The fraction of sp³-hybridized carbons (Fsp3) is 0.500. The standard InChI is InChI=1S/C10H15NO3S/c1-6(4-12)5-14-10(13)9-3-8(11)7(2)15-9/h3,6,12H,4-5,11H2,1-2H3. The van der Waals surface area contributed by atoms with Crippen molar-refractivity contribution in [3.8, 4) is 0 Å². The van der Waals surface area contributed by atoms with E-state index in [1.54, 1.807) is 13.0 Å². The Bertz CT molecular complexity index is 329. The Kier molecular flexibility index (Phi) is 4.11. The van der Waals surface area contributed by atoms with Crippen molar-refractivity contribution >= 4 is 23.0 Å². The summed E-state index contributed by atoms with van der Waals surface area (Å²) in [4.78, 5) is 12.9. The molecular weight excluding hydrogens is 214 g/mol. The van der Waals surface area contributed by atoms with Gasteiger partial charge in [-0.15, -0.1) is 11.3 Å². The highest BCUT2D eigenvalue weighted by molar-refractivity contribution is 7.14. The number of nitrogens with two attached hydrogens (primary N) is 1. The molecule has 1 unspecified atom stereocenters. The number of aryl methyl sites for hydroxylation is 1. The van der Waals surface area contributed by atoms with E-state index in [0.717, 1.165) is 4.88 Å². The molecule has 1 aromatic rings. The van der Waals surface area contributed by atoms with Gasteiger partial charge >= 0.3 is 5.97 Å². The van der Waals surface area contributed by atoms with Crippen LogP contribution < -0.4 is 5.73 Å². The van der Waals surface area contributed by atoms with Crippen LogP contribution in [0.15, 0.2) is 6.07 Å². The van der Waals surface area contributed by atoms with Crippen LogP contribution in [0.3, 0.4) is 0 Å². The molecule has 0 aliphatic carbocycles. The van der Waals surface area contributed by atoms with Gasteiger partial charge in [0.15, 0.2) is 0 Å². The zero-order valence-electron chi connectivity index (χ0n) is 8.82. The second-order valence-corrected chi connectivity index (χ2v) is 4.76. The Balaban J connectivity index is 2.54. The van der Waals surface area contributed by atoms with Crippen molar-refractivity contribution in [3.05, 3.63) is 15.8 Å². The van der Waals surface area contributed by atoms with Crippen LogP contribution in [0.1, 0.15) is 21.5 Å². The number of carbonyl (C=O) groups is 1. The number of ether oxygens (including phenoxy) is 1. The minimum absolute atomic E-state index is 0.0128. The van der Waals surface area contributed by atoms with E-state index in [4.69, 9.17) is 15.6 Å². The largest absolute Gasteiger partial charge is 0.461 e. The molecule has 1 aromatic heterocycles. The van der Waals surface area contributed by atoms with Crippen molar-refractivity contribution in [3.63, 3.8) is 0 Å². The Hall–Kier alpha value is -1.07. The van der Waals surface area contributed by atoms with Crippen LogP contribution in [-0.4, -0.2) is 24.3 Å². The Labute approximate surface area is 92.7 Å². The van der Waals surface area contributed by atoms with Gasteiger partial charge in [-0.1, -0.05) is 6.92 Å². The lowest BCUT2D eigenvalue weighted by Gasteiger charge is -2.07. The number of aliphatic hydroxyl groups excluding tert-OH is 1. The maximum Gasteiger partial charge on any atom is 0.348 e. The molecule has 5 heteroatoms. The van der Waals surface area contributed by atoms with Crippen LogP contribution in [0.25, 0.3) is 0 Å². The van der Waals surface area contributed by atoms with Crippen LogP contribution in [0.4, 0.5) is 5.69 Å². The Morgan fingerprint density at radius 1 is 1.73 bits per heavy atom. The summed E-state index contributed by atoms with van der Waals surface area (Å²) < 4.78 is 5.00. The predicted molar refractivity (Wildman–Crippen MR) is 60.0 cm³/mol. The summed E-state index contributed by atoms with van der Waals surface area (Å²) >= 11 is 1.32. The number of hydrogen-bond acceptors (Lipinski definition) is 5. The van der Waals surface area contributed by atoms with Gasteiger partial charge in [-0.2, -0.15) is 0 Å². The first-order valence-corrected chi connectivity index (χ1v) is 5.50. The van der Waals surface area contributed by atoms with Crippen LogP contribution in [-0.2, 0) is 4.74 Å². The molecule has 1 heterocycles. The molecule has 0 aromatic carbocycles. The highest BCUT2D eigenvalue weighted by Crippen LogP contribution is 2.24.